The van der Waals surface area contributed by atoms with E-state index in [4.69, 9.17) is 9.72 Å². The highest BCUT2D eigenvalue weighted by Crippen LogP contribution is 2.30. The van der Waals surface area contributed by atoms with Gasteiger partial charge in [-0.05, 0) is 54.8 Å². The summed E-state index contributed by atoms with van der Waals surface area (Å²) in [5.41, 5.74) is 4.68. The average molecular weight is 388 g/mol. The zero-order valence-electron chi connectivity index (χ0n) is 17.1. The molecule has 1 aromatic heterocycles. The van der Waals surface area contributed by atoms with Gasteiger partial charge in [0.15, 0.2) is 0 Å². The maximum atomic E-state index is 6.10. The Hall–Kier alpha value is -2.69. The molecular weight excluding hydrogens is 358 g/mol. The van der Waals surface area contributed by atoms with E-state index in [0.717, 1.165) is 44.0 Å². The summed E-state index contributed by atoms with van der Waals surface area (Å²) in [6.45, 7) is 6.81. The largest absolute Gasteiger partial charge is 0.489 e. The lowest BCUT2D eigenvalue weighted by molar-refractivity contribution is 0.236. The predicted molar refractivity (Wildman–Crippen MR) is 117 cm³/mol. The molecule has 0 aliphatic carbocycles. The predicted octanol–water partition coefficient (Wildman–Crippen LogP) is 4.35. The Balaban J connectivity index is 1.60. The number of rotatable bonds is 6. The van der Waals surface area contributed by atoms with E-state index in [1.807, 2.05) is 30.5 Å². The molecule has 1 N–H and O–H groups in total. The van der Waals surface area contributed by atoms with Crippen molar-refractivity contribution < 1.29 is 4.74 Å². The molecule has 2 heterocycles. The van der Waals surface area contributed by atoms with Crippen LogP contribution in [0.5, 0.6) is 5.75 Å². The lowest BCUT2D eigenvalue weighted by Crippen LogP contribution is -2.33. The SMILES string of the molecule is Cc1ccc(C(c2cccc(OCc3ccccc3)c2)N2CCCNCC2)nc1. The van der Waals surface area contributed by atoms with Crippen LogP contribution in [0.2, 0.25) is 0 Å². The first-order valence-electron chi connectivity index (χ1n) is 10.4. The van der Waals surface area contributed by atoms with Gasteiger partial charge in [0, 0.05) is 25.8 Å². The van der Waals surface area contributed by atoms with E-state index in [1.165, 1.54) is 16.7 Å². The van der Waals surface area contributed by atoms with Crippen molar-refractivity contribution in [1.29, 1.82) is 0 Å². The minimum Gasteiger partial charge on any atom is -0.489 e. The molecule has 29 heavy (non-hydrogen) atoms. The third kappa shape index (κ3) is 5.22. The number of pyridine rings is 1. The van der Waals surface area contributed by atoms with E-state index < -0.39 is 0 Å². The fourth-order valence-electron chi connectivity index (χ4n) is 3.85. The molecule has 2 aromatic carbocycles. The Morgan fingerprint density at radius 1 is 1.00 bits per heavy atom. The summed E-state index contributed by atoms with van der Waals surface area (Å²) in [7, 11) is 0. The van der Waals surface area contributed by atoms with Crippen molar-refractivity contribution >= 4 is 0 Å². The lowest BCUT2D eigenvalue weighted by Gasteiger charge is -2.30. The molecule has 0 saturated carbocycles. The van der Waals surface area contributed by atoms with Gasteiger partial charge in [-0.15, -0.1) is 0 Å². The highest BCUT2D eigenvalue weighted by Gasteiger charge is 2.24. The van der Waals surface area contributed by atoms with Crippen molar-refractivity contribution in [2.75, 3.05) is 26.2 Å². The van der Waals surface area contributed by atoms with E-state index >= 15 is 0 Å². The van der Waals surface area contributed by atoms with Crippen LogP contribution < -0.4 is 10.1 Å². The number of nitrogens with zero attached hydrogens (tertiary/aromatic N) is 2. The summed E-state index contributed by atoms with van der Waals surface area (Å²) < 4.78 is 6.10. The molecule has 4 rings (SSSR count). The first kappa shape index (κ1) is 19.6. The van der Waals surface area contributed by atoms with Gasteiger partial charge in [0.25, 0.3) is 0 Å². The number of aryl methyl sites for hydroxylation is 1. The Bertz CT molecular complexity index is 887. The van der Waals surface area contributed by atoms with Crippen LogP contribution in [0.1, 0.15) is 34.8 Å². The van der Waals surface area contributed by atoms with Gasteiger partial charge in [-0.3, -0.25) is 9.88 Å². The van der Waals surface area contributed by atoms with Crippen LogP contribution in [-0.2, 0) is 6.61 Å². The molecule has 0 amide bonds. The monoisotopic (exact) mass is 387 g/mol. The van der Waals surface area contributed by atoms with Crippen LogP contribution in [-0.4, -0.2) is 36.1 Å². The number of nitrogens with one attached hydrogen (secondary N) is 1. The Kier molecular flexibility index (Phi) is 6.55. The number of ether oxygens (including phenoxy) is 1. The van der Waals surface area contributed by atoms with Gasteiger partial charge in [-0.1, -0.05) is 48.5 Å². The smallest absolute Gasteiger partial charge is 0.120 e. The van der Waals surface area contributed by atoms with Crippen LogP contribution in [0, 0.1) is 6.92 Å². The molecule has 1 aliphatic heterocycles. The molecule has 1 aliphatic rings. The molecule has 0 bridgehead atoms. The summed E-state index contributed by atoms with van der Waals surface area (Å²) in [6.07, 6.45) is 3.11. The molecule has 1 fully saturated rings. The number of hydrogen-bond donors (Lipinski definition) is 1. The second-order valence-electron chi connectivity index (χ2n) is 7.65. The van der Waals surface area contributed by atoms with Gasteiger partial charge < -0.3 is 10.1 Å². The molecule has 1 unspecified atom stereocenters. The fourth-order valence-corrected chi connectivity index (χ4v) is 3.85. The van der Waals surface area contributed by atoms with Crippen molar-refractivity contribution in [3.05, 3.63) is 95.3 Å². The van der Waals surface area contributed by atoms with E-state index in [9.17, 15) is 0 Å². The van der Waals surface area contributed by atoms with Gasteiger partial charge in [0.05, 0.1) is 11.7 Å². The summed E-state index contributed by atoms with van der Waals surface area (Å²) in [5.74, 6) is 0.899. The van der Waals surface area contributed by atoms with Crippen molar-refractivity contribution in [3.63, 3.8) is 0 Å². The van der Waals surface area contributed by atoms with Crippen LogP contribution >= 0.6 is 0 Å². The molecule has 4 nitrogen and oxygen atoms in total. The average Bonchev–Trinajstić information content (AvgIpc) is 3.04. The highest BCUT2D eigenvalue weighted by atomic mass is 16.5. The molecule has 3 aromatic rings. The summed E-state index contributed by atoms with van der Waals surface area (Å²) in [5, 5.41) is 3.51. The van der Waals surface area contributed by atoms with E-state index in [1.54, 1.807) is 0 Å². The van der Waals surface area contributed by atoms with Gasteiger partial charge in [-0.25, -0.2) is 0 Å². The third-order valence-corrected chi connectivity index (χ3v) is 5.38. The van der Waals surface area contributed by atoms with Crippen LogP contribution in [0.4, 0.5) is 0 Å². The first-order valence-corrected chi connectivity index (χ1v) is 10.4. The van der Waals surface area contributed by atoms with E-state index in [0.29, 0.717) is 6.61 Å². The normalized spacial score (nSPS) is 16.2. The Morgan fingerprint density at radius 2 is 1.90 bits per heavy atom. The molecule has 0 radical (unpaired) electrons. The second-order valence-corrected chi connectivity index (χ2v) is 7.65. The number of aromatic nitrogens is 1. The van der Waals surface area contributed by atoms with Crippen molar-refractivity contribution in [2.45, 2.75) is 26.0 Å². The van der Waals surface area contributed by atoms with Gasteiger partial charge in [0.2, 0.25) is 0 Å². The highest BCUT2D eigenvalue weighted by molar-refractivity contribution is 5.35. The summed E-state index contributed by atoms with van der Waals surface area (Å²) >= 11 is 0. The Morgan fingerprint density at radius 3 is 2.72 bits per heavy atom. The maximum Gasteiger partial charge on any atom is 0.120 e. The van der Waals surface area contributed by atoms with Crippen LogP contribution in [0.3, 0.4) is 0 Å². The summed E-state index contributed by atoms with van der Waals surface area (Å²) in [6, 6.07) is 23.2. The minimum atomic E-state index is 0.135. The third-order valence-electron chi connectivity index (χ3n) is 5.38. The van der Waals surface area contributed by atoms with Gasteiger partial charge in [0.1, 0.15) is 12.4 Å². The van der Waals surface area contributed by atoms with Gasteiger partial charge in [-0.2, -0.15) is 0 Å². The summed E-state index contributed by atoms with van der Waals surface area (Å²) in [4.78, 5) is 7.32. The zero-order valence-corrected chi connectivity index (χ0v) is 17.1. The van der Waals surface area contributed by atoms with Crippen LogP contribution in [0.25, 0.3) is 0 Å². The van der Waals surface area contributed by atoms with E-state index in [-0.39, 0.29) is 6.04 Å². The van der Waals surface area contributed by atoms with E-state index in [2.05, 4.69) is 59.6 Å². The zero-order chi connectivity index (χ0) is 19.9. The lowest BCUT2D eigenvalue weighted by atomic mass is 10.00. The standard InChI is InChI=1S/C25H29N3O/c1-20-11-12-24(27-18-20)25(28-15-6-13-26-14-16-28)22-9-5-10-23(17-22)29-19-21-7-3-2-4-8-21/h2-5,7-12,17-18,25-26H,6,13-16,19H2,1H3. The van der Waals surface area contributed by atoms with Gasteiger partial charge >= 0.3 is 0 Å². The van der Waals surface area contributed by atoms with Crippen LogP contribution in [0.15, 0.2) is 72.9 Å². The Labute approximate surface area is 173 Å². The number of benzene rings is 2. The first-order chi connectivity index (χ1) is 14.3. The molecule has 1 atom stereocenters. The molecule has 4 heteroatoms. The van der Waals surface area contributed by atoms with Crippen molar-refractivity contribution in [1.82, 2.24) is 15.2 Å². The maximum absolute atomic E-state index is 6.10. The number of hydrogen-bond acceptors (Lipinski definition) is 4. The van der Waals surface area contributed by atoms with Crippen molar-refractivity contribution in [2.24, 2.45) is 0 Å². The molecule has 0 spiro atoms. The quantitative estimate of drug-likeness (QED) is 0.682. The fraction of sp³-hybridized carbons (Fsp3) is 0.320. The minimum absolute atomic E-state index is 0.135. The topological polar surface area (TPSA) is 37.4 Å². The molecule has 1 saturated heterocycles. The molecular formula is C25H29N3O. The second kappa shape index (κ2) is 9.68. The molecule has 150 valence electrons. The van der Waals surface area contributed by atoms with Crippen molar-refractivity contribution in [3.8, 4) is 5.75 Å².